The standard InChI is InChI=1S/C15H9F3N2O5/c16-15(17,18)12-7-9(3-6-11(12)14(22)23)19-13(21)8-1-4-10(5-2-8)20(24)25/h1-7H,(H,19,21)(H,22,23). The molecule has 0 aliphatic heterocycles. The summed E-state index contributed by atoms with van der Waals surface area (Å²) >= 11 is 0. The third-order valence-corrected chi connectivity index (χ3v) is 3.15. The smallest absolute Gasteiger partial charge is 0.417 e. The Bertz CT molecular complexity index is 847. The van der Waals surface area contributed by atoms with Crippen molar-refractivity contribution in [1.29, 1.82) is 0 Å². The zero-order chi connectivity index (χ0) is 18.8. The van der Waals surface area contributed by atoms with E-state index in [2.05, 4.69) is 5.32 Å². The molecule has 2 aromatic carbocycles. The van der Waals surface area contributed by atoms with Gasteiger partial charge in [0, 0.05) is 23.4 Å². The molecule has 1 amide bonds. The highest BCUT2D eigenvalue weighted by molar-refractivity contribution is 6.04. The number of non-ortho nitro benzene ring substituents is 1. The van der Waals surface area contributed by atoms with Gasteiger partial charge in [-0.2, -0.15) is 13.2 Å². The van der Waals surface area contributed by atoms with E-state index < -0.39 is 34.1 Å². The average Bonchev–Trinajstić information content (AvgIpc) is 2.53. The summed E-state index contributed by atoms with van der Waals surface area (Å²) < 4.78 is 38.8. The van der Waals surface area contributed by atoms with Crippen LogP contribution in [0, 0.1) is 10.1 Å². The van der Waals surface area contributed by atoms with Gasteiger partial charge in [0.05, 0.1) is 16.1 Å². The molecule has 0 aromatic heterocycles. The lowest BCUT2D eigenvalue weighted by Crippen LogP contribution is -2.16. The molecular formula is C15H9F3N2O5. The first kappa shape index (κ1) is 17.9. The number of hydrogen-bond acceptors (Lipinski definition) is 4. The van der Waals surface area contributed by atoms with E-state index in [1.165, 1.54) is 0 Å². The Morgan fingerprint density at radius 3 is 2.16 bits per heavy atom. The van der Waals surface area contributed by atoms with Crippen molar-refractivity contribution in [2.24, 2.45) is 0 Å². The molecule has 0 saturated heterocycles. The number of carbonyl (C=O) groups excluding carboxylic acids is 1. The molecule has 2 N–H and O–H groups in total. The fraction of sp³-hybridized carbons (Fsp3) is 0.0667. The van der Waals surface area contributed by atoms with Gasteiger partial charge in [0.25, 0.3) is 11.6 Å². The third kappa shape index (κ3) is 4.10. The van der Waals surface area contributed by atoms with E-state index in [0.717, 1.165) is 36.4 Å². The maximum atomic E-state index is 12.9. The van der Waals surface area contributed by atoms with Gasteiger partial charge in [-0.25, -0.2) is 4.79 Å². The molecule has 0 atom stereocenters. The summed E-state index contributed by atoms with van der Waals surface area (Å²) in [7, 11) is 0. The van der Waals surface area contributed by atoms with Crippen LogP contribution in [0.25, 0.3) is 0 Å². The van der Waals surface area contributed by atoms with Crippen LogP contribution in [-0.2, 0) is 6.18 Å². The number of halogens is 3. The fourth-order valence-electron chi connectivity index (χ4n) is 1.98. The molecule has 0 saturated carbocycles. The van der Waals surface area contributed by atoms with Crippen LogP contribution in [0.1, 0.15) is 26.3 Å². The molecule has 0 bridgehead atoms. The number of carboxylic acids is 1. The largest absolute Gasteiger partial charge is 0.478 e. The molecule has 25 heavy (non-hydrogen) atoms. The summed E-state index contributed by atoms with van der Waals surface area (Å²) in [6, 6.07) is 6.69. The molecular weight excluding hydrogens is 345 g/mol. The van der Waals surface area contributed by atoms with Gasteiger partial charge in [0.15, 0.2) is 0 Å². The van der Waals surface area contributed by atoms with Crippen LogP contribution in [0.3, 0.4) is 0 Å². The molecule has 130 valence electrons. The third-order valence-electron chi connectivity index (χ3n) is 3.15. The number of rotatable bonds is 4. The maximum Gasteiger partial charge on any atom is 0.417 e. The molecule has 0 fully saturated rings. The lowest BCUT2D eigenvalue weighted by molar-refractivity contribution is -0.384. The van der Waals surface area contributed by atoms with Gasteiger partial charge in [0.1, 0.15) is 0 Å². The summed E-state index contributed by atoms with van der Waals surface area (Å²) in [5.74, 6) is -2.55. The van der Waals surface area contributed by atoms with Crippen LogP contribution in [-0.4, -0.2) is 21.9 Å². The van der Waals surface area contributed by atoms with E-state index in [1.54, 1.807) is 0 Å². The quantitative estimate of drug-likeness (QED) is 0.644. The Kier molecular flexibility index (Phi) is 4.72. The lowest BCUT2D eigenvalue weighted by Gasteiger charge is -2.13. The van der Waals surface area contributed by atoms with Crippen molar-refractivity contribution in [1.82, 2.24) is 0 Å². The number of amides is 1. The van der Waals surface area contributed by atoms with E-state index in [-0.39, 0.29) is 16.9 Å². The zero-order valence-corrected chi connectivity index (χ0v) is 12.2. The lowest BCUT2D eigenvalue weighted by atomic mass is 10.1. The van der Waals surface area contributed by atoms with Crippen molar-refractivity contribution in [3.8, 4) is 0 Å². The first-order valence-electron chi connectivity index (χ1n) is 6.60. The van der Waals surface area contributed by atoms with Gasteiger partial charge in [0.2, 0.25) is 0 Å². The van der Waals surface area contributed by atoms with Crippen molar-refractivity contribution >= 4 is 23.3 Å². The molecule has 10 heteroatoms. The Balaban J connectivity index is 2.29. The van der Waals surface area contributed by atoms with Crippen molar-refractivity contribution in [2.75, 3.05) is 5.32 Å². The normalized spacial score (nSPS) is 11.0. The van der Waals surface area contributed by atoms with Crippen molar-refractivity contribution in [3.05, 3.63) is 69.3 Å². The Hall–Kier alpha value is -3.43. The highest BCUT2D eigenvalue weighted by Gasteiger charge is 2.35. The number of nitrogens with one attached hydrogen (secondary N) is 1. The van der Waals surface area contributed by atoms with Crippen LogP contribution in [0.5, 0.6) is 0 Å². The number of carboxylic acid groups (broad SMARTS) is 1. The summed E-state index contributed by atoms with van der Waals surface area (Å²) in [5, 5.41) is 21.5. The second kappa shape index (κ2) is 6.59. The topological polar surface area (TPSA) is 110 Å². The van der Waals surface area contributed by atoms with E-state index in [9.17, 15) is 32.9 Å². The molecule has 2 rings (SSSR count). The van der Waals surface area contributed by atoms with E-state index in [1.807, 2.05) is 0 Å². The predicted molar refractivity (Wildman–Crippen MR) is 79.5 cm³/mol. The highest BCUT2D eigenvalue weighted by Crippen LogP contribution is 2.34. The van der Waals surface area contributed by atoms with Gasteiger partial charge in [-0.05, 0) is 30.3 Å². The predicted octanol–water partition coefficient (Wildman–Crippen LogP) is 3.56. The van der Waals surface area contributed by atoms with Crippen molar-refractivity contribution in [2.45, 2.75) is 6.18 Å². The number of nitrogens with zero attached hydrogens (tertiary/aromatic N) is 1. The van der Waals surface area contributed by atoms with Crippen LogP contribution < -0.4 is 5.32 Å². The minimum atomic E-state index is -4.91. The number of aromatic carboxylic acids is 1. The summed E-state index contributed by atoms with van der Waals surface area (Å²) in [4.78, 5) is 32.7. The number of anilines is 1. The summed E-state index contributed by atoms with van der Waals surface area (Å²) in [5.41, 5.74) is -2.87. The van der Waals surface area contributed by atoms with Gasteiger partial charge < -0.3 is 10.4 Å². The minimum Gasteiger partial charge on any atom is -0.478 e. The van der Waals surface area contributed by atoms with Crippen LogP contribution in [0.2, 0.25) is 0 Å². The Labute approximate surface area is 137 Å². The van der Waals surface area contributed by atoms with E-state index in [4.69, 9.17) is 5.11 Å². The first-order chi connectivity index (χ1) is 11.6. The fourth-order valence-corrected chi connectivity index (χ4v) is 1.98. The molecule has 0 aliphatic carbocycles. The molecule has 0 heterocycles. The average molecular weight is 354 g/mol. The minimum absolute atomic E-state index is 0.0125. The second-order valence-corrected chi connectivity index (χ2v) is 4.82. The first-order valence-corrected chi connectivity index (χ1v) is 6.60. The van der Waals surface area contributed by atoms with Gasteiger partial charge >= 0.3 is 12.1 Å². The second-order valence-electron chi connectivity index (χ2n) is 4.82. The molecule has 0 radical (unpaired) electrons. The number of nitro groups is 1. The van der Waals surface area contributed by atoms with Gasteiger partial charge in [-0.15, -0.1) is 0 Å². The zero-order valence-electron chi connectivity index (χ0n) is 12.2. The summed E-state index contributed by atoms with van der Waals surface area (Å²) in [6.45, 7) is 0. The van der Waals surface area contributed by atoms with Crippen molar-refractivity contribution < 1.29 is 32.8 Å². The van der Waals surface area contributed by atoms with E-state index >= 15 is 0 Å². The van der Waals surface area contributed by atoms with Gasteiger partial charge in [-0.3, -0.25) is 14.9 Å². The number of hydrogen-bond donors (Lipinski definition) is 2. The molecule has 0 aliphatic rings. The maximum absolute atomic E-state index is 12.9. The molecule has 7 nitrogen and oxygen atoms in total. The van der Waals surface area contributed by atoms with Crippen LogP contribution in [0.15, 0.2) is 42.5 Å². The van der Waals surface area contributed by atoms with E-state index in [0.29, 0.717) is 6.07 Å². The molecule has 2 aromatic rings. The summed E-state index contributed by atoms with van der Waals surface area (Å²) in [6.07, 6.45) is -4.91. The highest BCUT2D eigenvalue weighted by atomic mass is 19.4. The number of carbonyl (C=O) groups is 2. The number of alkyl halides is 3. The molecule has 0 unspecified atom stereocenters. The molecule has 0 spiro atoms. The Morgan fingerprint density at radius 1 is 1.08 bits per heavy atom. The number of benzene rings is 2. The van der Waals surface area contributed by atoms with Crippen LogP contribution in [0.4, 0.5) is 24.5 Å². The van der Waals surface area contributed by atoms with Crippen LogP contribution >= 0.6 is 0 Å². The van der Waals surface area contributed by atoms with Crippen molar-refractivity contribution in [3.63, 3.8) is 0 Å². The SMILES string of the molecule is O=C(Nc1ccc(C(=O)O)c(C(F)(F)F)c1)c1ccc([N+](=O)[O-])cc1. The Morgan fingerprint density at radius 2 is 1.68 bits per heavy atom. The van der Waals surface area contributed by atoms with Gasteiger partial charge in [-0.1, -0.05) is 0 Å². The monoisotopic (exact) mass is 354 g/mol. The number of nitro benzene ring substituents is 1.